The standard InChI is InChI=1S/C11H15N3O2S2/c15-10(9-4-2-6-18-9)13-14-11(17)12-7-8-3-1-5-16-8/h2,4,6,8H,1,3,5,7H2,(H,13,15)(H2,12,14,17)/t8-/m0/s1. The van der Waals surface area contributed by atoms with E-state index in [9.17, 15) is 4.79 Å². The van der Waals surface area contributed by atoms with Crippen LogP contribution in [0, 0.1) is 0 Å². The van der Waals surface area contributed by atoms with Gasteiger partial charge in [0.05, 0.1) is 11.0 Å². The number of hydrogen-bond donors (Lipinski definition) is 3. The van der Waals surface area contributed by atoms with Crippen molar-refractivity contribution in [3.8, 4) is 0 Å². The number of carbonyl (C=O) groups excluding carboxylic acids is 1. The van der Waals surface area contributed by atoms with Gasteiger partial charge in [-0.15, -0.1) is 11.3 Å². The minimum absolute atomic E-state index is 0.189. The Morgan fingerprint density at radius 3 is 3.11 bits per heavy atom. The lowest BCUT2D eigenvalue weighted by atomic mass is 10.2. The molecule has 98 valence electrons. The maximum Gasteiger partial charge on any atom is 0.279 e. The Labute approximate surface area is 115 Å². The van der Waals surface area contributed by atoms with Gasteiger partial charge in [-0.3, -0.25) is 15.6 Å². The van der Waals surface area contributed by atoms with Gasteiger partial charge in [0.25, 0.3) is 5.91 Å². The van der Waals surface area contributed by atoms with Crippen LogP contribution < -0.4 is 16.2 Å². The van der Waals surface area contributed by atoms with Crippen LogP contribution in [-0.4, -0.2) is 30.3 Å². The molecule has 0 aromatic carbocycles. The number of thiocarbonyl (C=S) groups is 1. The van der Waals surface area contributed by atoms with E-state index in [2.05, 4.69) is 16.2 Å². The van der Waals surface area contributed by atoms with E-state index >= 15 is 0 Å². The molecule has 18 heavy (non-hydrogen) atoms. The number of hydrazine groups is 1. The third-order valence-electron chi connectivity index (χ3n) is 2.55. The van der Waals surface area contributed by atoms with Gasteiger partial charge >= 0.3 is 0 Å². The fourth-order valence-corrected chi connectivity index (χ4v) is 2.39. The first-order valence-corrected chi connectivity index (χ1v) is 7.04. The summed E-state index contributed by atoms with van der Waals surface area (Å²) in [5, 5.41) is 5.26. The molecule has 1 aliphatic heterocycles. The molecule has 1 aromatic heterocycles. The molecule has 1 amide bonds. The van der Waals surface area contributed by atoms with Crippen LogP contribution >= 0.6 is 23.6 Å². The van der Waals surface area contributed by atoms with Crippen LogP contribution in [0.25, 0.3) is 0 Å². The molecule has 1 atom stereocenters. The van der Waals surface area contributed by atoms with Crippen molar-refractivity contribution in [2.75, 3.05) is 13.2 Å². The summed E-state index contributed by atoms with van der Waals surface area (Å²) in [5.41, 5.74) is 5.20. The number of amides is 1. The van der Waals surface area contributed by atoms with Gasteiger partial charge in [0, 0.05) is 13.2 Å². The van der Waals surface area contributed by atoms with E-state index in [1.54, 1.807) is 6.07 Å². The van der Waals surface area contributed by atoms with Gasteiger partial charge in [0.15, 0.2) is 5.11 Å². The lowest BCUT2D eigenvalue weighted by Crippen LogP contribution is -2.48. The predicted octanol–water partition coefficient (Wildman–Crippen LogP) is 1.04. The number of thiophene rings is 1. The molecule has 1 aromatic rings. The summed E-state index contributed by atoms with van der Waals surface area (Å²) >= 11 is 6.43. The molecule has 0 unspecified atom stereocenters. The second-order valence-electron chi connectivity index (χ2n) is 3.90. The minimum Gasteiger partial charge on any atom is -0.376 e. The number of ether oxygens (including phenoxy) is 1. The summed E-state index contributed by atoms with van der Waals surface area (Å²) in [6.45, 7) is 1.49. The molecule has 1 saturated heterocycles. The van der Waals surface area contributed by atoms with E-state index in [4.69, 9.17) is 17.0 Å². The van der Waals surface area contributed by atoms with Crippen molar-refractivity contribution in [1.29, 1.82) is 0 Å². The van der Waals surface area contributed by atoms with Gasteiger partial charge in [0.1, 0.15) is 0 Å². The van der Waals surface area contributed by atoms with Crippen molar-refractivity contribution in [3.05, 3.63) is 22.4 Å². The summed E-state index contributed by atoms with van der Waals surface area (Å²) in [4.78, 5) is 12.2. The molecule has 5 nitrogen and oxygen atoms in total. The van der Waals surface area contributed by atoms with Gasteiger partial charge in [-0.25, -0.2) is 0 Å². The summed E-state index contributed by atoms with van der Waals surface area (Å²) in [5.74, 6) is -0.189. The summed E-state index contributed by atoms with van der Waals surface area (Å²) in [6.07, 6.45) is 2.37. The molecule has 2 heterocycles. The molecule has 0 aliphatic carbocycles. The lowest BCUT2D eigenvalue weighted by Gasteiger charge is -2.14. The third-order valence-corrected chi connectivity index (χ3v) is 3.66. The number of rotatable bonds is 3. The molecule has 1 fully saturated rings. The SMILES string of the molecule is O=C(NNC(=S)NC[C@@H]1CCCO1)c1cccs1. The Morgan fingerprint density at radius 2 is 2.44 bits per heavy atom. The molecule has 0 radical (unpaired) electrons. The van der Waals surface area contributed by atoms with Crippen LogP contribution in [0.2, 0.25) is 0 Å². The van der Waals surface area contributed by atoms with Crippen molar-refractivity contribution in [3.63, 3.8) is 0 Å². The molecular formula is C11H15N3O2S2. The van der Waals surface area contributed by atoms with Crippen molar-refractivity contribution in [2.24, 2.45) is 0 Å². The smallest absolute Gasteiger partial charge is 0.279 e. The summed E-state index contributed by atoms with van der Waals surface area (Å²) < 4.78 is 5.45. The first-order chi connectivity index (χ1) is 8.75. The van der Waals surface area contributed by atoms with E-state index < -0.39 is 0 Å². The zero-order valence-corrected chi connectivity index (χ0v) is 11.4. The molecule has 3 N–H and O–H groups in total. The summed E-state index contributed by atoms with van der Waals surface area (Å²) in [7, 11) is 0. The third kappa shape index (κ3) is 3.94. The molecule has 0 saturated carbocycles. The Balaban J connectivity index is 1.63. The first kappa shape index (κ1) is 13.3. The van der Waals surface area contributed by atoms with Crippen molar-refractivity contribution < 1.29 is 9.53 Å². The molecule has 0 spiro atoms. The lowest BCUT2D eigenvalue weighted by molar-refractivity contribution is 0.0947. The highest BCUT2D eigenvalue weighted by Gasteiger charge is 2.15. The second kappa shape index (κ2) is 6.67. The fourth-order valence-electron chi connectivity index (χ4n) is 1.64. The number of nitrogens with one attached hydrogen (secondary N) is 3. The average Bonchev–Trinajstić information content (AvgIpc) is 3.05. The Hall–Kier alpha value is -1.18. The highest BCUT2D eigenvalue weighted by Crippen LogP contribution is 2.10. The molecular weight excluding hydrogens is 270 g/mol. The first-order valence-electron chi connectivity index (χ1n) is 5.75. The van der Waals surface area contributed by atoms with Crippen LogP contribution in [-0.2, 0) is 4.74 Å². The van der Waals surface area contributed by atoms with Gasteiger partial charge in [0.2, 0.25) is 0 Å². The van der Waals surface area contributed by atoms with Gasteiger partial charge < -0.3 is 10.1 Å². The van der Waals surface area contributed by atoms with E-state index in [1.165, 1.54) is 11.3 Å². The quantitative estimate of drug-likeness (QED) is 0.572. The van der Waals surface area contributed by atoms with E-state index in [0.29, 0.717) is 16.5 Å². The van der Waals surface area contributed by atoms with Gasteiger partial charge in [-0.05, 0) is 36.5 Å². The highest BCUT2D eigenvalue weighted by atomic mass is 32.1. The van der Waals surface area contributed by atoms with Crippen LogP contribution in [0.4, 0.5) is 0 Å². The zero-order chi connectivity index (χ0) is 12.8. The number of hydrogen-bond acceptors (Lipinski definition) is 4. The highest BCUT2D eigenvalue weighted by molar-refractivity contribution is 7.80. The Bertz CT molecular complexity index is 402. The topological polar surface area (TPSA) is 62.4 Å². The zero-order valence-electron chi connectivity index (χ0n) is 9.77. The fraction of sp³-hybridized carbons (Fsp3) is 0.455. The molecule has 0 bridgehead atoms. The predicted molar refractivity (Wildman–Crippen MR) is 74.5 cm³/mol. The summed E-state index contributed by atoms with van der Waals surface area (Å²) in [6, 6.07) is 3.58. The molecule has 7 heteroatoms. The van der Waals surface area contributed by atoms with Crippen LogP contribution in [0.5, 0.6) is 0 Å². The van der Waals surface area contributed by atoms with E-state index in [1.807, 2.05) is 11.4 Å². The minimum atomic E-state index is -0.189. The van der Waals surface area contributed by atoms with Crippen molar-refractivity contribution in [1.82, 2.24) is 16.2 Å². The van der Waals surface area contributed by atoms with Gasteiger partial charge in [-0.1, -0.05) is 6.07 Å². The largest absolute Gasteiger partial charge is 0.376 e. The molecule has 1 aliphatic rings. The Kier molecular flexibility index (Phi) is 4.91. The monoisotopic (exact) mass is 285 g/mol. The van der Waals surface area contributed by atoms with Crippen LogP contribution in [0.3, 0.4) is 0 Å². The number of carbonyl (C=O) groups is 1. The van der Waals surface area contributed by atoms with Crippen molar-refractivity contribution in [2.45, 2.75) is 18.9 Å². The average molecular weight is 285 g/mol. The Morgan fingerprint density at radius 1 is 1.56 bits per heavy atom. The molecule has 2 rings (SSSR count). The maximum absolute atomic E-state index is 11.6. The van der Waals surface area contributed by atoms with Crippen LogP contribution in [0.1, 0.15) is 22.5 Å². The van der Waals surface area contributed by atoms with Crippen LogP contribution in [0.15, 0.2) is 17.5 Å². The van der Waals surface area contributed by atoms with E-state index in [0.717, 1.165) is 19.4 Å². The second-order valence-corrected chi connectivity index (χ2v) is 5.26. The van der Waals surface area contributed by atoms with Crippen molar-refractivity contribution >= 4 is 34.6 Å². The normalized spacial score (nSPS) is 18.3. The van der Waals surface area contributed by atoms with Gasteiger partial charge in [-0.2, -0.15) is 0 Å². The van der Waals surface area contributed by atoms with E-state index in [-0.39, 0.29) is 12.0 Å². The maximum atomic E-state index is 11.6.